The highest BCUT2D eigenvalue weighted by Gasteiger charge is 2.28. The molecule has 11 nitrogen and oxygen atoms in total. The van der Waals surface area contributed by atoms with Gasteiger partial charge in [0.1, 0.15) is 10.0 Å². The Bertz CT molecular complexity index is 1630. The van der Waals surface area contributed by atoms with E-state index in [1.54, 1.807) is 12.4 Å². The summed E-state index contributed by atoms with van der Waals surface area (Å²) in [7, 11) is 0. The minimum absolute atomic E-state index is 0.288. The van der Waals surface area contributed by atoms with Gasteiger partial charge >= 0.3 is 0 Å². The van der Waals surface area contributed by atoms with Crippen LogP contribution < -0.4 is 16.0 Å². The van der Waals surface area contributed by atoms with Crippen molar-refractivity contribution in [2.45, 2.75) is 6.17 Å². The molecule has 4 aromatic rings. The molecule has 1 amide bonds. The van der Waals surface area contributed by atoms with Gasteiger partial charge in [0, 0.05) is 42.2 Å². The standard InChI is InChI=1S/C29H26N8O3S/c30-24(23-28(37-13-15-39-16-14-37)41-27(35-23)19-9-6-12-32-17-19)40-29(31)36-25-26(38)33-21-11-5-4-10-20(21)22(34-25)18-7-2-1-3-8-18/h1-12,17,25,30H,13-16H2,(H2,31,36)(H,33,38). The summed E-state index contributed by atoms with van der Waals surface area (Å²) in [4.78, 5) is 33.1. The zero-order valence-corrected chi connectivity index (χ0v) is 22.7. The molecule has 2 aromatic heterocycles. The minimum Gasteiger partial charge on any atom is -0.405 e. The molecule has 206 valence electrons. The van der Waals surface area contributed by atoms with Gasteiger partial charge in [-0.05, 0) is 18.2 Å². The van der Waals surface area contributed by atoms with E-state index in [0.717, 1.165) is 21.7 Å². The number of nitrogens with two attached hydrogens (primary N) is 1. The van der Waals surface area contributed by atoms with E-state index in [4.69, 9.17) is 25.6 Å². The Morgan fingerprint density at radius 2 is 1.83 bits per heavy atom. The molecule has 0 spiro atoms. The van der Waals surface area contributed by atoms with Crippen LogP contribution in [0, 0.1) is 5.41 Å². The van der Waals surface area contributed by atoms with E-state index < -0.39 is 12.1 Å². The van der Waals surface area contributed by atoms with Crippen molar-refractivity contribution in [3.8, 4) is 10.6 Å². The Kier molecular flexibility index (Phi) is 7.48. The molecule has 12 heteroatoms. The summed E-state index contributed by atoms with van der Waals surface area (Å²) >= 11 is 1.44. The lowest BCUT2D eigenvalue weighted by atomic mass is 10.0. The number of aliphatic imine (C=N–C) groups is 2. The van der Waals surface area contributed by atoms with E-state index in [1.807, 2.05) is 66.7 Å². The summed E-state index contributed by atoms with van der Waals surface area (Å²) < 4.78 is 11.2. The van der Waals surface area contributed by atoms with Crippen LogP contribution in [0.1, 0.15) is 16.8 Å². The third kappa shape index (κ3) is 5.69. The lowest BCUT2D eigenvalue weighted by Gasteiger charge is -2.27. The molecular weight excluding hydrogens is 540 g/mol. The number of benzene rings is 2. The van der Waals surface area contributed by atoms with E-state index in [0.29, 0.717) is 48.4 Å². The average molecular weight is 567 g/mol. The van der Waals surface area contributed by atoms with Gasteiger partial charge in [-0.1, -0.05) is 59.9 Å². The van der Waals surface area contributed by atoms with Crippen LogP contribution in [-0.4, -0.2) is 66.0 Å². The van der Waals surface area contributed by atoms with Crippen molar-refractivity contribution in [1.82, 2.24) is 9.97 Å². The van der Waals surface area contributed by atoms with Crippen LogP contribution in [0.3, 0.4) is 0 Å². The first-order valence-corrected chi connectivity index (χ1v) is 13.8. The number of thiazole rings is 1. The molecule has 1 fully saturated rings. The quantitative estimate of drug-likeness (QED) is 0.247. The van der Waals surface area contributed by atoms with Gasteiger partial charge in [-0.2, -0.15) is 4.99 Å². The molecule has 0 saturated carbocycles. The first kappa shape index (κ1) is 26.3. The fourth-order valence-corrected chi connectivity index (χ4v) is 5.62. The molecule has 2 aliphatic rings. The predicted molar refractivity (Wildman–Crippen MR) is 159 cm³/mol. The normalized spacial score (nSPS) is 17.2. The maximum absolute atomic E-state index is 13.1. The average Bonchev–Trinajstić information content (AvgIpc) is 3.41. The van der Waals surface area contributed by atoms with E-state index >= 15 is 0 Å². The Hall–Kier alpha value is -4.94. The molecule has 1 unspecified atom stereocenters. The molecule has 4 heterocycles. The van der Waals surface area contributed by atoms with Crippen LogP contribution in [0.4, 0.5) is 10.7 Å². The number of aromatic nitrogens is 2. The van der Waals surface area contributed by atoms with Gasteiger partial charge in [-0.15, -0.1) is 0 Å². The molecule has 0 aliphatic carbocycles. The maximum Gasteiger partial charge on any atom is 0.291 e. The molecule has 1 atom stereocenters. The molecule has 0 radical (unpaired) electrons. The number of ether oxygens (including phenoxy) is 2. The Labute approximate surface area is 239 Å². The Balaban J connectivity index is 1.31. The van der Waals surface area contributed by atoms with Gasteiger partial charge in [-0.25, -0.2) is 9.98 Å². The van der Waals surface area contributed by atoms with Crippen molar-refractivity contribution >= 4 is 45.6 Å². The third-order valence-electron chi connectivity index (χ3n) is 6.46. The number of para-hydroxylation sites is 1. The largest absolute Gasteiger partial charge is 0.405 e. The van der Waals surface area contributed by atoms with Crippen LogP contribution in [0.15, 0.2) is 89.1 Å². The molecular formula is C29H26N8O3S. The minimum atomic E-state index is -1.23. The Morgan fingerprint density at radius 3 is 2.61 bits per heavy atom. The van der Waals surface area contributed by atoms with Crippen LogP contribution >= 0.6 is 11.3 Å². The van der Waals surface area contributed by atoms with Crippen molar-refractivity contribution in [1.29, 1.82) is 5.41 Å². The van der Waals surface area contributed by atoms with Gasteiger partial charge in [0.05, 0.1) is 24.6 Å². The van der Waals surface area contributed by atoms with Crippen LogP contribution in [0.5, 0.6) is 0 Å². The molecule has 6 rings (SSSR count). The number of amidine groups is 1. The number of hydrogen-bond donors (Lipinski definition) is 3. The first-order chi connectivity index (χ1) is 20.1. The van der Waals surface area contributed by atoms with Crippen molar-refractivity contribution < 1.29 is 14.3 Å². The number of nitrogens with zero attached hydrogens (tertiary/aromatic N) is 5. The molecule has 41 heavy (non-hydrogen) atoms. The van der Waals surface area contributed by atoms with Gasteiger partial charge in [-0.3, -0.25) is 15.2 Å². The molecule has 4 N–H and O–H groups in total. The summed E-state index contributed by atoms with van der Waals surface area (Å²) in [5.74, 6) is -0.758. The highest BCUT2D eigenvalue weighted by molar-refractivity contribution is 7.19. The number of benzodiazepines with no additional fused rings is 1. The van der Waals surface area contributed by atoms with Crippen molar-refractivity contribution in [3.63, 3.8) is 0 Å². The van der Waals surface area contributed by atoms with Gasteiger partial charge < -0.3 is 25.4 Å². The van der Waals surface area contributed by atoms with Gasteiger partial charge in [0.25, 0.3) is 11.9 Å². The Morgan fingerprint density at radius 1 is 1.07 bits per heavy atom. The predicted octanol–water partition coefficient (Wildman–Crippen LogP) is 3.51. The monoisotopic (exact) mass is 566 g/mol. The number of morpholine rings is 1. The number of amides is 1. The number of anilines is 2. The van der Waals surface area contributed by atoms with E-state index in [-0.39, 0.29) is 11.9 Å². The van der Waals surface area contributed by atoms with E-state index in [1.165, 1.54) is 11.3 Å². The van der Waals surface area contributed by atoms with Crippen LogP contribution in [0.2, 0.25) is 0 Å². The second kappa shape index (κ2) is 11.7. The topological polar surface area (TPSA) is 151 Å². The summed E-state index contributed by atoms with van der Waals surface area (Å²) in [5, 5.41) is 13.1. The zero-order chi connectivity index (χ0) is 28.2. The number of carbonyl (C=O) groups excluding carboxylic acids is 1. The summed E-state index contributed by atoms with van der Waals surface area (Å²) in [6, 6.07) is 20.3. The van der Waals surface area contributed by atoms with Crippen molar-refractivity contribution in [2.75, 3.05) is 36.5 Å². The molecule has 2 aromatic carbocycles. The molecule has 0 bridgehead atoms. The van der Waals surface area contributed by atoms with Crippen molar-refractivity contribution in [2.24, 2.45) is 15.7 Å². The molecule has 1 saturated heterocycles. The highest BCUT2D eigenvalue weighted by atomic mass is 32.1. The third-order valence-corrected chi connectivity index (χ3v) is 7.63. The number of fused-ring (bicyclic) bond motifs is 1. The highest BCUT2D eigenvalue weighted by Crippen LogP contribution is 2.35. The number of nitrogens with one attached hydrogen (secondary N) is 2. The first-order valence-electron chi connectivity index (χ1n) is 12.9. The van der Waals surface area contributed by atoms with E-state index in [9.17, 15) is 4.79 Å². The smallest absolute Gasteiger partial charge is 0.291 e. The number of pyridine rings is 1. The van der Waals surface area contributed by atoms with Crippen LogP contribution in [-0.2, 0) is 14.3 Å². The van der Waals surface area contributed by atoms with Crippen molar-refractivity contribution in [3.05, 3.63) is 95.9 Å². The second-order valence-electron chi connectivity index (χ2n) is 9.16. The number of rotatable bonds is 5. The zero-order valence-electron chi connectivity index (χ0n) is 21.9. The maximum atomic E-state index is 13.1. The molecule has 2 aliphatic heterocycles. The van der Waals surface area contributed by atoms with Gasteiger partial charge in [0.15, 0.2) is 5.69 Å². The second-order valence-corrected chi connectivity index (χ2v) is 10.1. The number of hydrogen-bond acceptors (Lipinski definition) is 10. The lowest BCUT2D eigenvalue weighted by Crippen LogP contribution is -2.37. The number of carbonyl (C=O) groups is 1. The SMILES string of the molecule is N=C(OC(N)=NC1N=C(c2ccccc2)c2ccccc2NC1=O)c1nc(-c2cccnc2)sc1N1CCOCC1. The van der Waals surface area contributed by atoms with Crippen LogP contribution in [0.25, 0.3) is 10.6 Å². The summed E-state index contributed by atoms with van der Waals surface area (Å²) in [5.41, 5.74) is 10.1. The summed E-state index contributed by atoms with van der Waals surface area (Å²) in [6.45, 7) is 2.44. The lowest BCUT2D eigenvalue weighted by molar-refractivity contribution is -0.117. The fraction of sp³-hybridized carbons (Fsp3) is 0.172. The van der Waals surface area contributed by atoms with Gasteiger partial charge in [0.2, 0.25) is 12.1 Å². The van der Waals surface area contributed by atoms with E-state index in [2.05, 4.69) is 25.2 Å². The fourth-order valence-electron chi connectivity index (χ4n) is 4.51. The summed E-state index contributed by atoms with van der Waals surface area (Å²) in [6.07, 6.45) is 2.18.